The fourth-order valence-corrected chi connectivity index (χ4v) is 6.03. The number of anilines is 1. The lowest BCUT2D eigenvalue weighted by Crippen LogP contribution is -2.38. The van der Waals surface area contributed by atoms with Gasteiger partial charge in [0.25, 0.3) is 0 Å². The summed E-state index contributed by atoms with van der Waals surface area (Å²) in [4.78, 5) is 14.0. The number of imidazole rings is 1. The van der Waals surface area contributed by atoms with E-state index in [0.29, 0.717) is 44.0 Å². The van der Waals surface area contributed by atoms with Crippen molar-refractivity contribution in [3.05, 3.63) is 114 Å². The van der Waals surface area contributed by atoms with E-state index in [0.717, 1.165) is 28.1 Å². The van der Waals surface area contributed by atoms with Gasteiger partial charge in [-0.25, -0.2) is 15.0 Å². The van der Waals surface area contributed by atoms with Crippen LogP contribution in [-0.4, -0.2) is 52.8 Å². The summed E-state index contributed by atoms with van der Waals surface area (Å²) < 4.78 is 24.6. The fourth-order valence-electron chi connectivity index (χ4n) is 4.95. The summed E-state index contributed by atoms with van der Waals surface area (Å²) in [5.74, 6) is 1.41. The third-order valence-electron chi connectivity index (χ3n) is 6.86. The summed E-state index contributed by atoms with van der Waals surface area (Å²) in [6.07, 6.45) is 3.77. The van der Waals surface area contributed by atoms with Gasteiger partial charge in [0.15, 0.2) is 19.8 Å². The second kappa shape index (κ2) is 14.3. The summed E-state index contributed by atoms with van der Waals surface area (Å²) in [6, 6.07) is 28.8. The zero-order chi connectivity index (χ0) is 29.2. The number of hydrogen-bond donors (Lipinski definition) is 1. The van der Waals surface area contributed by atoms with Gasteiger partial charge in [-0.15, -0.1) is 0 Å². The van der Waals surface area contributed by atoms with Crippen LogP contribution in [0.25, 0.3) is 11.2 Å². The highest BCUT2D eigenvalue weighted by Gasteiger charge is 2.37. The quantitative estimate of drug-likeness (QED) is 0.0835. The maximum absolute atomic E-state index is 5.89. The van der Waals surface area contributed by atoms with Crippen molar-refractivity contribution >= 4 is 25.4 Å². The predicted molar refractivity (Wildman–Crippen MR) is 166 cm³/mol. The molecule has 0 unspecified atom stereocenters. The maximum atomic E-state index is 5.89. The largest absolute Gasteiger partial charge is 0.497 e. The maximum Gasteiger partial charge on any atom is 0.198 e. The normalized spacial score (nSPS) is 11.7. The molecule has 0 spiro atoms. The highest BCUT2D eigenvalue weighted by molar-refractivity contribution is 7.47. The molecule has 2 aromatic heterocycles. The molecule has 2 heterocycles. The molecule has 0 saturated heterocycles. The van der Waals surface area contributed by atoms with Gasteiger partial charge in [0, 0.05) is 6.54 Å². The number of methoxy groups -OCH3 is 1. The lowest BCUT2D eigenvalue weighted by Gasteiger charge is -2.37. The number of hydrogen-bond acceptors (Lipinski definition) is 8. The van der Waals surface area contributed by atoms with Crippen molar-refractivity contribution in [2.24, 2.45) is 0 Å². The van der Waals surface area contributed by atoms with Crippen LogP contribution in [0.2, 0.25) is 0 Å². The third kappa shape index (κ3) is 6.45. The van der Waals surface area contributed by atoms with E-state index in [1.165, 1.54) is 0 Å². The van der Waals surface area contributed by atoms with Gasteiger partial charge >= 0.3 is 0 Å². The van der Waals surface area contributed by atoms with Crippen LogP contribution in [0.3, 0.4) is 0 Å². The first kappa shape index (κ1) is 29.6. The van der Waals surface area contributed by atoms with Gasteiger partial charge in [0.05, 0.1) is 33.3 Å². The summed E-state index contributed by atoms with van der Waals surface area (Å²) in [5, 5.41) is 3.82. The van der Waals surface area contributed by atoms with E-state index in [2.05, 4.69) is 46.7 Å². The van der Waals surface area contributed by atoms with Gasteiger partial charge < -0.3 is 28.4 Å². The van der Waals surface area contributed by atoms with Gasteiger partial charge in [0.1, 0.15) is 29.5 Å². The zero-order valence-corrected chi connectivity index (χ0v) is 25.0. The molecule has 218 valence electrons. The van der Waals surface area contributed by atoms with Crippen molar-refractivity contribution < 1.29 is 18.5 Å². The van der Waals surface area contributed by atoms with Crippen LogP contribution in [0.5, 0.6) is 5.75 Å². The van der Waals surface area contributed by atoms with Gasteiger partial charge in [-0.1, -0.05) is 72.8 Å². The average molecular weight is 586 g/mol. The van der Waals surface area contributed by atoms with Gasteiger partial charge in [-0.05, 0) is 42.7 Å². The van der Waals surface area contributed by atoms with Gasteiger partial charge in [0.2, 0.25) is 0 Å². The Kier molecular flexibility index (Phi) is 10.1. The van der Waals surface area contributed by atoms with E-state index in [1.54, 1.807) is 19.8 Å². The fraction of sp³-hybridized carbons (Fsp3) is 0.281. The Morgan fingerprint density at radius 2 is 1.40 bits per heavy atom. The molecule has 0 atom stereocenters. The molecular weight excluding hydrogens is 549 g/mol. The molecule has 0 aliphatic heterocycles. The predicted octanol–water partition coefficient (Wildman–Crippen LogP) is 6.60. The molecule has 0 aliphatic carbocycles. The Bertz CT molecular complexity index is 1490. The third-order valence-corrected chi connectivity index (χ3v) is 8.35. The Morgan fingerprint density at radius 1 is 0.786 bits per heavy atom. The van der Waals surface area contributed by atoms with Crippen LogP contribution in [0.4, 0.5) is 5.82 Å². The molecule has 5 aromatic rings. The highest BCUT2D eigenvalue weighted by atomic mass is 31.2. The average Bonchev–Trinajstić information content (AvgIpc) is 3.47. The number of ether oxygens (including phenoxy) is 2. The molecule has 0 radical (unpaired) electrons. The van der Waals surface area contributed by atoms with Gasteiger partial charge in [-0.2, -0.15) is 0 Å². The zero-order valence-electron chi connectivity index (χ0n) is 24.1. The summed E-state index contributed by atoms with van der Waals surface area (Å²) >= 11 is 0. The van der Waals surface area contributed by atoms with Crippen LogP contribution in [0.15, 0.2) is 97.6 Å². The molecule has 42 heavy (non-hydrogen) atoms. The molecule has 9 nitrogen and oxygen atoms in total. The Hall–Kier alpha value is -3.88. The molecule has 0 fully saturated rings. The highest BCUT2D eigenvalue weighted by Crippen LogP contribution is 2.41. The Morgan fingerprint density at radius 3 is 2.00 bits per heavy atom. The number of aromatic nitrogens is 4. The van der Waals surface area contributed by atoms with Crippen molar-refractivity contribution in [3.63, 3.8) is 0 Å². The SMILES string of the molecule is CCOP(COCCn1cnc2c(NC(c3ccccc3)(c3ccccc3)c3ccc(OC)cc3)ncnc21)OCC. The van der Waals surface area contributed by atoms with E-state index in [1.807, 2.05) is 66.9 Å². The van der Waals surface area contributed by atoms with Crippen molar-refractivity contribution in [1.82, 2.24) is 19.5 Å². The summed E-state index contributed by atoms with van der Waals surface area (Å²) in [6.45, 7) is 6.15. The molecule has 0 aliphatic rings. The van der Waals surface area contributed by atoms with E-state index in [9.17, 15) is 0 Å². The second-order valence-corrected chi connectivity index (χ2v) is 10.8. The molecule has 3 aromatic carbocycles. The topological polar surface area (TPSA) is 92.6 Å². The molecule has 5 rings (SSSR count). The first-order valence-corrected chi connectivity index (χ1v) is 15.4. The standard InChI is InChI=1S/C32H36N5O4P/c1-4-40-42(41-5-2)24-39-21-20-37-23-35-29-30(33-22-34-31(29)37)36-32(25-12-8-6-9-13-25,26-14-10-7-11-15-26)27-16-18-28(38-3)19-17-27/h6-19,22-23H,4-5,20-21,24H2,1-3H3,(H,33,34,36). The van der Waals surface area contributed by atoms with Crippen LogP contribution in [-0.2, 0) is 25.9 Å². The molecule has 10 heteroatoms. The van der Waals surface area contributed by atoms with Crippen LogP contribution < -0.4 is 10.1 Å². The van der Waals surface area contributed by atoms with Crippen LogP contribution in [0.1, 0.15) is 30.5 Å². The minimum atomic E-state index is -1.05. The summed E-state index contributed by atoms with van der Waals surface area (Å²) in [5.41, 5.74) is 3.76. The minimum Gasteiger partial charge on any atom is -0.497 e. The van der Waals surface area contributed by atoms with Crippen LogP contribution in [0, 0.1) is 0 Å². The van der Waals surface area contributed by atoms with E-state index in [-0.39, 0.29) is 0 Å². The van der Waals surface area contributed by atoms with E-state index in [4.69, 9.17) is 28.5 Å². The molecule has 1 N–H and O–H groups in total. The Labute approximate surface area is 247 Å². The van der Waals surface area contributed by atoms with Gasteiger partial charge in [-0.3, -0.25) is 0 Å². The van der Waals surface area contributed by atoms with Crippen molar-refractivity contribution in [1.29, 1.82) is 0 Å². The molecule has 0 saturated carbocycles. The smallest absolute Gasteiger partial charge is 0.198 e. The molecular formula is C32H36N5O4P. The van der Waals surface area contributed by atoms with Crippen molar-refractivity contribution in [2.75, 3.05) is 38.6 Å². The second-order valence-electron chi connectivity index (χ2n) is 9.37. The minimum absolute atomic E-state index is 0.421. The van der Waals surface area contributed by atoms with E-state index >= 15 is 0 Å². The summed E-state index contributed by atoms with van der Waals surface area (Å²) in [7, 11) is 0.626. The number of nitrogens with one attached hydrogen (secondary N) is 1. The molecule has 0 amide bonds. The molecule has 0 bridgehead atoms. The van der Waals surface area contributed by atoms with E-state index < -0.39 is 13.9 Å². The first-order chi connectivity index (χ1) is 20.7. The number of nitrogens with zero attached hydrogens (tertiary/aromatic N) is 4. The van der Waals surface area contributed by atoms with Crippen molar-refractivity contribution in [3.8, 4) is 5.75 Å². The first-order valence-electron chi connectivity index (χ1n) is 14.0. The number of fused-ring (bicyclic) bond motifs is 1. The number of rotatable bonds is 15. The van der Waals surface area contributed by atoms with Crippen LogP contribution >= 0.6 is 8.38 Å². The number of benzene rings is 3. The van der Waals surface area contributed by atoms with Crippen molar-refractivity contribution in [2.45, 2.75) is 25.9 Å². The lowest BCUT2D eigenvalue weighted by atomic mass is 9.77. The lowest BCUT2D eigenvalue weighted by molar-refractivity contribution is 0.145. The Balaban J connectivity index is 1.50. The monoisotopic (exact) mass is 585 g/mol.